The zero-order valence-corrected chi connectivity index (χ0v) is 19.6. The molecule has 3 aromatic rings. The molecule has 1 atom stereocenters. The molecule has 1 aromatic carbocycles. The quantitative estimate of drug-likeness (QED) is 0.534. The Labute approximate surface area is 203 Å². The van der Waals surface area contributed by atoms with E-state index in [0.717, 1.165) is 34.6 Å². The number of fused-ring (bicyclic) bond motifs is 1. The van der Waals surface area contributed by atoms with Gasteiger partial charge in [-0.15, -0.1) is 0 Å². The van der Waals surface area contributed by atoms with Crippen LogP contribution in [0.25, 0.3) is 11.1 Å². The van der Waals surface area contributed by atoms with E-state index in [2.05, 4.69) is 23.0 Å². The monoisotopic (exact) mass is 473 g/mol. The van der Waals surface area contributed by atoms with Crippen LogP contribution in [0.15, 0.2) is 48.8 Å². The summed E-state index contributed by atoms with van der Waals surface area (Å²) in [5, 5.41) is 16.8. The van der Waals surface area contributed by atoms with Crippen LogP contribution in [0.3, 0.4) is 0 Å². The van der Waals surface area contributed by atoms with E-state index in [0.29, 0.717) is 30.6 Å². The van der Waals surface area contributed by atoms with Gasteiger partial charge in [-0.3, -0.25) is 14.6 Å². The van der Waals surface area contributed by atoms with Crippen LogP contribution < -0.4 is 10.5 Å². The normalized spacial score (nSPS) is 12.9. The van der Waals surface area contributed by atoms with Crippen molar-refractivity contribution < 1.29 is 19.4 Å². The summed E-state index contributed by atoms with van der Waals surface area (Å²) in [4.78, 5) is 31.7. The van der Waals surface area contributed by atoms with Crippen LogP contribution in [0, 0.1) is 11.3 Å². The highest BCUT2D eigenvalue weighted by Gasteiger charge is 2.28. The number of pyridine rings is 2. The highest BCUT2D eigenvalue weighted by Crippen LogP contribution is 2.36. The molecule has 0 spiro atoms. The standard InChI is InChI=1S/C25H25N5O2.CH2O2/c1-3-16(2)32-19-6-4-5-18(13-19)23-20(14-26)24(27)29-22-9-12-30(15-21(22)23)25(31)17-7-10-28-11-8-17;2-1-3/h4-8,10-11,13,16H,3,9,12,15H2,1-2H3,(H2,27,29);1H,(H,2,3). The van der Waals surface area contributed by atoms with Gasteiger partial charge in [0.15, 0.2) is 0 Å². The summed E-state index contributed by atoms with van der Waals surface area (Å²) in [5.74, 6) is 0.863. The average Bonchev–Trinajstić information content (AvgIpc) is 2.88. The summed E-state index contributed by atoms with van der Waals surface area (Å²) >= 11 is 0. The number of nitrogen functional groups attached to an aromatic ring is 1. The average molecular weight is 474 g/mol. The first-order valence-electron chi connectivity index (χ1n) is 11.2. The lowest BCUT2D eigenvalue weighted by Gasteiger charge is -2.30. The van der Waals surface area contributed by atoms with Crippen LogP contribution in [-0.4, -0.2) is 45.0 Å². The lowest BCUT2D eigenvalue weighted by Crippen LogP contribution is -2.37. The maximum Gasteiger partial charge on any atom is 0.290 e. The molecule has 9 heteroatoms. The fraction of sp³-hybridized carbons (Fsp3) is 0.269. The number of hydrogen-bond acceptors (Lipinski definition) is 7. The number of carbonyl (C=O) groups is 2. The number of rotatable bonds is 5. The largest absolute Gasteiger partial charge is 0.491 e. The molecule has 0 bridgehead atoms. The smallest absolute Gasteiger partial charge is 0.290 e. The van der Waals surface area contributed by atoms with Crippen LogP contribution in [0.4, 0.5) is 5.82 Å². The first-order valence-corrected chi connectivity index (χ1v) is 11.2. The molecule has 0 saturated carbocycles. The first-order chi connectivity index (χ1) is 16.9. The van der Waals surface area contributed by atoms with Gasteiger partial charge in [0.2, 0.25) is 0 Å². The summed E-state index contributed by atoms with van der Waals surface area (Å²) < 4.78 is 5.99. The second kappa shape index (κ2) is 11.6. The van der Waals surface area contributed by atoms with Gasteiger partial charge >= 0.3 is 0 Å². The van der Waals surface area contributed by atoms with Crippen LogP contribution in [0.5, 0.6) is 5.75 Å². The van der Waals surface area contributed by atoms with E-state index in [1.165, 1.54) is 0 Å². The minimum atomic E-state index is -0.250. The van der Waals surface area contributed by atoms with Gasteiger partial charge in [-0.05, 0) is 43.2 Å². The Hall–Kier alpha value is -4.45. The molecule has 9 nitrogen and oxygen atoms in total. The molecule has 35 heavy (non-hydrogen) atoms. The van der Waals surface area contributed by atoms with Crippen LogP contribution in [-0.2, 0) is 17.8 Å². The van der Waals surface area contributed by atoms with Crippen molar-refractivity contribution in [2.75, 3.05) is 12.3 Å². The molecule has 2 aromatic heterocycles. The Morgan fingerprint density at radius 1 is 1.34 bits per heavy atom. The Balaban J connectivity index is 0.00000108. The second-order valence-electron chi connectivity index (χ2n) is 7.97. The molecule has 3 N–H and O–H groups in total. The summed E-state index contributed by atoms with van der Waals surface area (Å²) in [7, 11) is 0. The van der Waals surface area contributed by atoms with E-state index in [1.807, 2.05) is 31.2 Å². The predicted molar refractivity (Wildman–Crippen MR) is 131 cm³/mol. The number of carbonyl (C=O) groups excluding carboxylic acids is 1. The maximum atomic E-state index is 13.1. The van der Waals surface area contributed by atoms with Crippen molar-refractivity contribution in [2.45, 2.75) is 39.3 Å². The van der Waals surface area contributed by atoms with Crippen molar-refractivity contribution in [3.05, 3.63) is 71.2 Å². The number of anilines is 1. The summed E-state index contributed by atoms with van der Waals surface area (Å²) in [5.41, 5.74) is 10.3. The van der Waals surface area contributed by atoms with Gasteiger partial charge < -0.3 is 20.5 Å². The van der Waals surface area contributed by atoms with E-state index in [4.69, 9.17) is 20.4 Å². The highest BCUT2D eigenvalue weighted by molar-refractivity contribution is 5.94. The lowest BCUT2D eigenvalue weighted by atomic mass is 9.90. The predicted octanol–water partition coefficient (Wildman–Crippen LogP) is 3.67. The van der Waals surface area contributed by atoms with E-state index in [1.54, 1.807) is 29.4 Å². The summed E-state index contributed by atoms with van der Waals surface area (Å²) in [6.07, 6.45) is 4.74. The number of amides is 1. The van der Waals surface area contributed by atoms with Gasteiger partial charge in [-0.25, -0.2) is 4.98 Å². The third kappa shape index (κ3) is 5.73. The highest BCUT2D eigenvalue weighted by atomic mass is 16.5. The van der Waals surface area contributed by atoms with Gasteiger partial charge in [-0.1, -0.05) is 19.1 Å². The summed E-state index contributed by atoms with van der Waals surface area (Å²) in [6.45, 7) is 4.71. The number of benzene rings is 1. The van der Waals surface area contributed by atoms with Crippen molar-refractivity contribution in [1.82, 2.24) is 14.9 Å². The number of aromatic nitrogens is 2. The van der Waals surface area contributed by atoms with Crippen molar-refractivity contribution in [1.29, 1.82) is 5.26 Å². The Morgan fingerprint density at radius 3 is 2.71 bits per heavy atom. The molecule has 1 aliphatic rings. The maximum absolute atomic E-state index is 13.1. The van der Waals surface area contributed by atoms with E-state index in [-0.39, 0.29) is 24.3 Å². The third-order valence-corrected chi connectivity index (χ3v) is 5.74. The molecule has 1 aliphatic heterocycles. The van der Waals surface area contributed by atoms with Crippen LogP contribution >= 0.6 is 0 Å². The fourth-order valence-corrected chi connectivity index (χ4v) is 3.90. The molecule has 0 fully saturated rings. The molecule has 1 amide bonds. The van der Waals surface area contributed by atoms with E-state index < -0.39 is 0 Å². The SMILES string of the molecule is CCC(C)Oc1cccc(-c2c(C#N)c(N)nc3c2CN(C(=O)c2ccncc2)CC3)c1.O=CO. The van der Waals surface area contributed by atoms with Gasteiger partial charge in [0.1, 0.15) is 23.2 Å². The van der Waals surface area contributed by atoms with Crippen molar-refractivity contribution in [3.8, 4) is 22.9 Å². The third-order valence-electron chi connectivity index (χ3n) is 5.74. The number of carboxylic acid groups (broad SMARTS) is 1. The van der Waals surface area contributed by atoms with Crippen molar-refractivity contribution in [3.63, 3.8) is 0 Å². The Bertz CT molecular complexity index is 1240. The zero-order chi connectivity index (χ0) is 25.4. The molecule has 4 rings (SSSR count). The molecular formula is C26H27N5O4. The Morgan fingerprint density at radius 2 is 2.06 bits per heavy atom. The number of nitriles is 1. The number of ether oxygens (including phenoxy) is 1. The molecule has 0 saturated heterocycles. The number of nitrogens with zero attached hydrogens (tertiary/aromatic N) is 4. The van der Waals surface area contributed by atoms with Crippen LogP contribution in [0.2, 0.25) is 0 Å². The van der Waals surface area contributed by atoms with Gasteiger partial charge in [0.25, 0.3) is 12.4 Å². The second-order valence-corrected chi connectivity index (χ2v) is 7.97. The number of hydrogen-bond donors (Lipinski definition) is 2. The number of nitrogens with two attached hydrogens (primary N) is 1. The molecule has 1 unspecified atom stereocenters. The summed E-state index contributed by atoms with van der Waals surface area (Å²) in [6, 6.07) is 13.3. The minimum absolute atomic E-state index is 0.0746. The molecule has 3 heterocycles. The topological polar surface area (TPSA) is 142 Å². The molecule has 0 radical (unpaired) electrons. The van der Waals surface area contributed by atoms with Crippen molar-refractivity contribution >= 4 is 18.2 Å². The van der Waals surface area contributed by atoms with E-state index in [9.17, 15) is 10.1 Å². The lowest BCUT2D eigenvalue weighted by molar-refractivity contribution is -0.122. The van der Waals surface area contributed by atoms with Gasteiger partial charge in [0, 0.05) is 48.6 Å². The van der Waals surface area contributed by atoms with Gasteiger partial charge in [0.05, 0.1) is 11.8 Å². The first kappa shape index (κ1) is 25.2. The minimum Gasteiger partial charge on any atom is -0.491 e. The Kier molecular flexibility index (Phi) is 8.35. The zero-order valence-electron chi connectivity index (χ0n) is 19.6. The fourth-order valence-electron chi connectivity index (χ4n) is 3.90. The molecule has 180 valence electrons. The van der Waals surface area contributed by atoms with Crippen molar-refractivity contribution in [2.24, 2.45) is 0 Å². The van der Waals surface area contributed by atoms with Gasteiger partial charge in [-0.2, -0.15) is 5.26 Å². The molecular weight excluding hydrogens is 446 g/mol. The van der Waals surface area contributed by atoms with Crippen LogP contribution in [0.1, 0.15) is 47.4 Å². The molecule has 0 aliphatic carbocycles. The van der Waals surface area contributed by atoms with E-state index >= 15 is 0 Å².